The summed E-state index contributed by atoms with van der Waals surface area (Å²) in [4.78, 5) is 10.8. The zero-order valence-corrected chi connectivity index (χ0v) is 12.6. The van der Waals surface area contributed by atoms with Gasteiger partial charge in [-0.15, -0.1) is 0 Å². The van der Waals surface area contributed by atoms with Crippen LogP contribution in [-0.4, -0.2) is 12.3 Å². The number of carbonyl (C=O) groups excluding carboxylic acids is 1. The van der Waals surface area contributed by atoms with Crippen molar-refractivity contribution in [3.8, 4) is 0 Å². The summed E-state index contributed by atoms with van der Waals surface area (Å²) in [6.45, 7) is 4.69. The monoisotopic (exact) mass is 328 g/mol. The van der Waals surface area contributed by atoms with E-state index in [9.17, 15) is 9.90 Å². The van der Waals surface area contributed by atoms with E-state index in [1.165, 1.54) is 6.92 Å². The van der Waals surface area contributed by atoms with Crippen molar-refractivity contribution < 1.29 is 36.4 Å². The Morgan fingerprint density at radius 3 is 2.29 bits per heavy atom. The predicted octanol–water partition coefficient (Wildman–Crippen LogP) is 2.18. The molecule has 4 nitrogen and oxygen atoms in total. The minimum atomic E-state index is -0.919. The Labute approximate surface area is 134 Å². The molecule has 0 aromatic heterocycles. The molecule has 0 heterocycles. The summed E-state index contributed by atoms with van der Waals surface area (Å²) in [5.74, 6) is -1.15. The van der Waals surface area contributed by atoms with Crippen molar-refractivity contribution in [2.24, 2.45) is 0 Å². The van der Waals surface area contributed by atoms with Crippen LogP contribution in [0.25, 0.3) is 0 Å². The smallest absolute Gasteiger partial charge is 0.577 e. The minimum Gasteiger partial charge on any atom is -0.577 e. The molecule has 0 bridgehead atoms. The molecule has 5 heteroatoms. The van der Waals surface area contributed by atoms with E-state index in [-0.39, 0.29) is 17.1 Å². The number of ether oxygens (including phenoxy) is 2. The van der Waals surface area contributed by atoms with Crippen molar-refractivity contribution >= 4 is 5.97 Å². The van der Waals surface area contributed by atoms with E-state index < -0.39 is 18.2 Å². The summed E-state index contributed by atoms with van der Waals surface area (Å²) in [5.41, 5.74) is 0.427. The van der Waals surface area contributed by atoms with Crippen molar-refractivity contribution in [3.05, 3.63) is 78.8 Å². The van der Waals surface area contributed by atoms with Crippen LogP contribution in [0.2, 0.25) is 0 Å². The molecule has 0 radical (unpaired) electrons. The van der Waals surface area contributed by atoms with Crippen LogP contribution in [-0.2, 0) is 31.3 Å². The summed E-state index contributed by atoms with van der Waals surface area (Å²) in [6, 6.07) is 10.0. The van der Waals surface area contributed by atoms with Gasteiger partial charge in [-0.3, -0.25) is 0 Å². The van der Waals surface area contributed by atoms with E-state index in [1.807, 2.05) is 30.3 Å². The van der Waals surface area contributed by atoms with Crippen LogP contribution in [0.4, 0.5) is 0 Å². The van der Waals surface area contributed by atoms with Crippen molar-refractivity contribution in [1.29, 1.82) is 0 Å². The molecule has 0 saturated heterocycles. The largest absolute Gasteiger partial charge is 2.00 e. The van der Waals surface area contributed by atoms with E-state index in [1.54, 1.807) is 24.3 Å². The number of carbonyl (C=O) groups is 1. The first kappa shape index (κ1) is 18.9. The zero-order valence-electron chi connectivity index (χ0n) is 11.5. The third-order valence-corrected chi connectivity index (χ3v) is 2.18. The van der Waals surface area contributed by atoms with Gasteiger partial charge in [-0.25, -0.2) is 16.9 Å². The number of allylic oxidation sites excluding steroid dienone is 5. The van der Waals surface area contributed by atoms with E-state index in [0.717, 1.165) is 6.08 Å². The molecule has 112 valence electrons. The van der Waals surface area contributed by atoms with Gasteiger partial charge in [-0.2, -0.15) is 18.2 Å². The second-order valence-electron chi connectivity index (χ2n) is 3.75. The molecule has 0 spiro atoms. The molecule has 0 N–H and O–H groups in total. The van der Waals surface area contributed by atoms with E-state index in [4.69, 9.17) is 4.74 Å². The van der Waals surface area contributed by atoms with Crippen LogP contribution in [0.3, 0.4) is 0 Å². The molecule has 0 amide bonds. The minimum absolute atomic E-state index is 0. The van der Waals surface area contributed by atoms with Crippen molar-refractivity contribution in [3.63, 3.8) is 0 Å². The second kappa shape index (κ2) is 10.7. The summed E-state index contributed by atoms with van der Waals surface area (Å²) in [6.07, 6.45) is 6.76. The Bertz CT molecular complexity index is 481. The van der Waals surface area contributed by atoms with Crippen LogP contribution < -0.4 is 5.11 Å². The van der Waals surface area contributed by atoms with Gasteiger partial charge in [0.05, 0.1) is 5.95 Å². The second-order valence-corrected chi connectivity index (χ2v) is 3.75. The molecular weight excluding hydrogens is 312 g/mol. The quantitative estimate of drug-likeness (QED) is 0.212. The molecule has 1 aromatic carbocycles. The van der Waals surface area contributed by atoms with Gasteiger partial charge >= 0.3 is 23.0 Å². The van der Waals surface area contributed by atoms with Gasteiger partial charge in [0.1, 0.15) is 0 Å². The summed E-state index contributed by atoms with van der Waals surface area (Å²) < 4.78 is 9.51. The molecule has 1 aliphatic carbocycles. The van der Waals surface area contributed by atoms with Gasteiger partial charge in [-0.05, 0) is 12.5 Å². The average Bonchev–Trinajstić information content (AvgIpc) is 3.13. The van der Waals surface area contributed by atoms with Gasteiger partial charge < -0.3 is 14.6 Å². The molecule has 1 aliphatic rings. The Kier molecular flexibility index (Phi) is 9.59. The van der Waals surface area contributed by atoms with Crippen LogP contribution >= 0.6 is 0 Å². The standard InChI is InChI=1S/C11H12O4.C5H5.Fe/c1-3-10(12)14-8(2)15-11(13)9-6-4-5-7-9;1-2-4-5-3-1;/h3-8,13H,1H2,2H3;1-5H;/q;-1;+2/p-1. The summed E-state index contributed by atoms with van der Waals surface area (Å²) in [7, 11) is 0. The normalized spacial score (nSPS) is 12.5. The molecule has 0 fully saturated rings. The zero-order chi connectivity index (χ0) is 14.8. The molecule has 0 aliphatic heterocycles. The van der Waals surface area contributed by atoms with Gasteiger partial charge in [-0.1, -0.05) is 30.9 Å². The Hall–Kier alpha value is -2.10. The molecule has 1 unspecified atom stereocenters. The molecular formula is C16H16FeO4. The number of rotatable bonds is 4. The molecule has 1 aromatic rings. The van der Waals surface area contributed by atoms with Crippen molar-refractivity contribution in [1.82, 2.24) is 0 Å². The van der Waals surface area contributed by atoms with Crippen LogP contribution in [0, 0.1) is 0 Å². The number of hydrogen-bond acceptors (Lipinski definition) is 4. The maximum absolute atomic E-state index is 11.3. The fourth-order valence-corrected chi connectivity index (χ4v) is 1.29. The Morgan fingerprint density at radius 2 is 1.86 bits per heavy atom. The predicted molar refractivity (Wildman–Crippen MR) is 74.2 cm³/mol. The van der Waals surface area contributed by atoms with Crippen LogP contribution in [0.5, 0.6) is 0 Å². The van der Waals surface area contributed by atoms with Gasteiger partial charge in [0.2, 0.25) is 0 Å². The molecule has 0 saturated carbocycles. The van der Waals surface area contributed by atoms with Crippen LogP contribution in [0.15, 0.2) is 78.8 Å². The van der Waals surface area contributed by atoms with Gasteiger partial charge in [0, 0.05) is 6.08 Å². The first-order valence-corrected chi connectivity index (χ1v) is 6.06. The maximum atomic E-state index is 11.3. The molecule has 21 heavy (non-hydrogen) atoms. The van der Waals surface area contributed by atoms with Gasteiger partial charge in [0.15, 0.2) is 6.29 Å². The van der Waals surface area contributed by atoms with E-state index in [0.29, 0.717) is 5.57 Å². The first-order valence-electron chi connectivity index (χ1n) is 6.06. The Balaban J connectivity index is 0.000000562. The third kappa shape index (κ3) is 7.92. The fraction of sp³-hybridized carbons (Fsp3) is 0.125. The molecule has 1 atom stereocenters. The molecule has 2 rings (SSSR count). The van der Waals surface area contributed by atoms with Gasteiger partial charge in [0.25, 0.3) is 0 Å². The maximum Gasteiger partial charge on any atom is 2.00 e. The number of esters is 1. The number of hydrogen-bond donors (Lipinski definition) is 0. The summed E-state index contributed by atoms with van der Waals surface area (Å²) >= 11 is 0. The van der Waals surface area contributed by atoms with Crippen molar-refractivity contribution in [2.75, 3.05) is 0 Å². The Morgan fingerprint density at radius 1 is 1.29 bits per heavy atom. The van der Waals surface area contributed by atoms with E-state index >= 15 is 0 Å². The first-order chi connectivity index (χ1) is 9.63. The average molecular weight is 328 g/mol. The van der Waals surface area contributed by atoms with E-state index in [2.05, 4.69) is 11.3 Å². The third-order valence-electron chi connectivity index (χ3n) is 2.18. The topological polar surface area (TPSA) is 58.6 Å². The summed E-state index contributed by atoms with van der Waals surface area (Å²) in [5, 5.41) is 11.3. The SMILES string of the molecule is C=CC(=O)OC(C)OC([O-])=C1C=CC=C1.[Fe+2].c1cc[cH-]c1. The fourth-order valence-electron chi connectivity index (χ4n) is 1.29. The van der Waals surface area contributed by atoms with Crippen LogP contribution in [0.1, 0.15) is 6.92 Å². The van der Waals surface area contributed by atoms with Crippen molar-refractivity contribution in [2.45, 2.75) is 13.2 Å².